The minimum Gasteiger partial charge on any atom is -0.493 e. The van der Waals surface area contributed by atoms with Gasteiger partial charge in [0.25, 0.3) is 5.91 Å². The SMILES string of the molecule is COc1ccc(NC(=O)c2ccc(OCc3cscn3)cc2)cc1OC. The van der Waals surface area contributed by atoms with Crippen molar-refractivity contribution < 1.29 is 19.0 Å². The van der Waals surface area contributed by atoms with E-state index >= 15 is 0 Å². The summed E-state index contributed by atoms with van der Waals surface area (Å²) in [5, 5.41) is 4.77. The van der Waals surface area contributed by atoms with E-state index in [-0.39, 0.29) is 5.91 Å². The predicted octanol–water partition coefficient (Wildman–Crippen LogP) is 3.99. The number of aromatic nitrogens is 1. The van der Waals surface area contributed by atoms with E-state index in [0.29, 0.717) is 35.1 Å². The molecule has 2 aromatic carbocycles. The molecule has 0 aliphatic heterocycles. The molecule has 1 amide bonds. The Morgan fingerprint density at radius 1 is 1.08 bits per heavy atom. The summed E-state index contributed by atoms with van der Waals surface area (Å²) in [4.78, 5) is 16.6. The van der Waals surface area contributed by atoms with Crippen LogP contribution in [0, 0.1) is 0 Å². The van der Waals surface area contributed by atoms with Crippen molar-refractivity contribution in [2.75, 3.05) is 19.5 Å². The maximum atomic E-state index is 12.4. The summed E-state index contributed by atoms with van der Waals surface area (Å²) in [6.07, 6.45) is 0. The van der Waals surface area contributed by atoms with Crippen molar-refractivity contribution in [3.63, 3.8) is 0 Å². The van der Waals surface area contributed by atoms with Crippen molar-refractivity contribution in [3.8, 4) is 17.2 Å². The number of carbonyl (C=O) groups is 1. The molecule has 0 aliphatic rings. The fraction of sp³-hybridized carbons (Fsp3) is 0.158. The Hall–Kier alpha value is -3.06. The lowest BCUT2D eigenvalue weighted by molar-refractivity contribution is 0.102. The van der Waals surface area contributed by atoms with Crippen LogP contribution in [0.1, 0.15) is 16.1 Å². The Bertz CT molecular complexity index is 864. The molecular formula is C19H18N2O4S. The van der Waals surface area contributed by atoms with Crippen LogP contribution >= 0.6 is 11.3 Å². The summed E-state index contributed by atoms with van der Waals surface area (Å²) in [6.45, 7) is 0.403. The summed E-state index contributed by atoms with van der Waals surface area (Å²) >= 11 is 1.53. The fourth-order valence-corrected chi connectivity index (χ4v) is 2.83. The number of hydrogen-bond acceptors (Lipinski definition) is 6. The molecule has 0 bridgehead atoms. The third-order valence-corrected chi connectivity index (χ3v) is 4.26. The van der Waals surface area contributed by atoms with Crippen LogP contribution in [-0.4, -0.2) is 25.1 Å². The second kappa shape index (κ2) is 8.35. The van der Waals surface area contributed by atoms with Gasteiger partial charge in [0.2, 0.25) is 0 Å². The number of carbonyl (C=O) groups excluding carboxylic acids is 1. The van der Waals surface area contributed by atoms with E-state index in [1.165, 1.54) is 11.3 Å². The van der Waals surface area contributed by atoms with Gasteiger partial charge in [0, 0.05) is 22.7 Å². The highest BCUT2D eigenvalue weighted by molar-refractivity contribution is 7.07. The average molecular weight is 370 g/mol. The number of benzene rings is 2. The minimum absolute atomic E-state index is 0.219. The first-order valence-corrected chi connectivity index (χ1v) is 8.77. The first-order chi connectivity index (χ1) is 12.7. The number of nitrogens with one attached hydrogen (secondary N) is 1. The number of anilines is 1. The highest BCUT2D eigenvalue weighted by Gasteiger charge is 2.09. The second-order valence-corrected chi connectivity index (χ2v) is 6.04. The van der Waals surface area contributed by atoms with Crippen molar-refractivity contribution in [2.24, 2.45) is 0 Å². The normalized spacial score (nSPS) is 10.2. The summed E-state index contributed by atoms with van der Waals surface area (Å²) in [7, 11) is 3.11. The van der Waals surface area contributed by atoms with Crippen LogP contribution in [0.25, 0.3) is 0 Å². The standard InChI is InChI=1S/C19H18N2O4S/c1-23-17-8-5-14(9-18(17)24-2)21-19(22)13-3-6-16(7-4-13)25-10-15-11-26-12-20-15/h3-9,11-12H,10H2,1-2H3,(H,21,22). The molecule has 0 saturated carbocycles. The Morgan fingerprint density at radius 2 is 1.85 bits per heavy atom. The van der Waals surface area contributed by atoms with E-state index in [1.54, 1.807) is 62.2 Å². The van der Waals surface area contributed by atoms with Crippen LogP contribution in [0.4, 0.5) is 5.69 Å². The molecule has 134 valence electrons. The molecule has 0 fully saturated rings. The molecule has 1 aromatic heterocycles. The monoisotopic (exact) mass is 370 g/mol. The van der Waals surface area contributed by atoms with Gasteiger partial charge in [-0.25, -0.2) is 4.98 Å². The minimum atomic E-state index is -0.219. The maximum Gasteiger partial charge on any atom is 0.255 e. The summed E-state index contributed by atoms with van der Waals surface area (Å²) < 4.78 is 16.1. The zero-order chi connectivity index (χ0) is 18.4. The molecule has 7 heteroatoms. The fourth-order valence-electron chi connectivity index (χ4n) is 2.29. The first kappa shape index (κ1) is 17.8. The number of thiazole rings is 1. The molecular weight excluding hydrogens is 352 g/mol. The van der Waals surface area contributed by atoms with Gasteiger partial charge in [0.05, 0.1) is 25.4 Å². The molecule has 1 N–H and O–H groups in total. The van der Waals surface area contributed by atoms with Gasteiger partial charge in [-0.15, -0.1) is 11.3 Å². The molecule has 0 saturated heterocycles. The Balaban J connectivity index is 1.62. The molecule has 0 aliphatic carbocycles. The Labute approximate surface area is 155 Å². The molecule has 6 nitrogen and oxygen atoms in total. The van der Waals surface area contributed by atoms with Gasteiger partial charge in [-0.2, -0.15) is 0 Å². The lowest BCUT2D eigenvalue weighted by Crippen LogP contribution is -2.12. The highest BCUT2D eigenvalue weighted by atomic mass is 32.1. The number of hydrogen-bond donors (Lipinski definition) is 1. The van der Waals surface area contributed by atoms with Crippen molar-refractivity contribution in [1.29, 1.82) is 0 Å². The molecule has 3 rings (SSSR count). The van der Waals surface area contributed by atoms with Crippen molar-refractivity contribution in [2.45, 2.75) is 6.61 Å². The Morgan fingerprint density at radius 3 is 2.50 bits per heavy atom. The summed E-state index contributed by atoms with van der Waals surface area (Å²) in [5.74, 6) is 1.62. The number of ether oxygens (including phenoxy) is 3. The van der Waals surface area contributed by atoms with Crippen molar-refractivity contribution in [3.05, 3.63) is 64.6 Å². The third kappa shape index (κ3) is 4.31. The van der Waals surface area contributed by atoms with Gasteiger partial charge in [-0.3, -0.25) is 4.79 Å². The maximum absolute atomic E-state index is 12.4. The quantitative estimate of drug-likeness (QED) is 0.681. The number of amides is 1. The molecule has 0 radical (unpaired) electrons. The molecule has 1 heterocycles. The Kier molecular flexibility index (Phi) is 5.70. The molecule has 0 spiro atoms. The zero-order valence-electron chi connectivity index (χ0n) is 14.4. The van der Waals surface area contributed by atoms with E-state index in [9.17, 15) is 4.79 Å². The third-order valence-electron chi connectivity index (χ3n) is 3.63. The van der Waals surface area contributed by atoms with Crippen molar-refractivity contribution in [1.82, 2.24) is 4.98 Å². The van der Waals surface area contributed by atoms with E-state index in [0.717, 1.165) is 5.69 Å². The van der Waals surface area contributed by atoms with Crippen LogP contribution in [-0.2, 0) is 6.61 Å². The van der Waals surface area contributed by atoms with E-state index in [1.807, 2.05) is 5.38 Å². The van der Waals surface area contributed by atoms with Crippen LogP contribution in [0.5, 0.6) is 17.2 Å². The first-order valence-electron chi connectivity index (χ1n) is 7.83. The van der Waals surface area contributed by atoms with Gasteiger partial charge < -0.3 is 19.5 Å². The van der Waals surface area contributed by atoms with Crippen LogP contribution in [0.2, 0.25) is 0 Å². The van der Waals surface area contributed by atoms with Crippen LogP contribution < -0.4 is 19.5 Å². The van der Waals surface area contributed by atoms with E-state index < -0.39 is 0 Å². The van der Waals surface area contributed by atoms with Gasteiger partial charge >= 0.3 is 0 Å². The molecule has 0 atom stereocenters. The largest absolute Gasteiger partial charge is 0.493 e. The highest BCUT2D eigenvalue weighted by Crippen LogP contribution is 2.30. The zero-order valence-corrected chi connectivity index (χ0v) is 15.2. The second-order valence-electron chi connectivity index (χ2n) is 5.32. The number of methoxy groups -OCH3 is 2. The van der Waals surface area contributed by atoms with Gasteiger partial charge in [-0.1, -0.05) is 0 Å². The lowest BCUT2D eigenvalue weighted by Gasteiger charge is -2.11. The van der Waals surface area contributed by atoms with Gasteiger partial charge in [0.1, 0.15) is 12.4 Å². The van der Waals surface area contributed by atoms with Crippen LogP contribution in [0.3, 0.4) is 0 Å². The van der Waals surface area contributed by atoms with Crippen LogP contribution in [0.15, 0.2) is 53.4 Å². The smallest absolute Gasteiger partial charge is 0.255 e. The summed E-state index contributed by atoms with van der Waals surface area (Å²) in [5.41, 5.74) is 3.79. The molecule has 26 heavy (non-hydrogen) atoms. The van der Waals surface area contributed by atoms with Gasteiger partial charge in [0.15, 0.2) is 11.5 Å². The van der Waals surface area contributed by atoms with E-state index in [2.05, 4.69) is 10.3 Å². The van der Waals surface area contributed by atoms with E-state index in [4.69, 9.17) is 14.2 Å². The van der Waals surface area contributed by atoms with Gasteiger partial charge in [-0.05, 0) is 36.4 Å². The number of rotatable bonds is 7. The topological polar surface area (TPSA) is 69.7 Å². The lowest BCUT2D eigenvalue weighted by atomic mass is 10.2. The molecule has 3 aromatic rings. The average Bonchev–Trinajstić information content (AvgIpc) is 3.20. The predicted molar refractivity (Wildman–Crippen MR) is 100 cm³/mol. The molecule has 0 unspecified atom stereocenters. The number of nitrogens with zero attached hydrogens (tertiary/aromatic N) is 1. The van der Waals surface area contributed by atoms with Crippen molar-refractivity contribution >= 4 is 22.9 Å². The summed E-state index contributed by atoms with van der Waals surface area (Å²) in [6, 6.07) is 12.2.